The summed E-state index contributed by atoms with van der Waals surface area (Å²) in [4.78, 5) is 43.0. The van der Waals surface area contributed by atoms with Crippen molar-refractivity contribution < 1.29 is 9.59 Å². The number of nitrogens with zero attached hydrogens (tertiary/aromatic N) is 6. The Morgan fingerprint density at radius 3 is 2.45 bits per heavy atom. The van der Waals surface area contributed by atoms with Gasteiger partial charge in [-0.15, -0.1) is 0 Å². The number of carbonyl (C=O) groups excluding carboxylic acids is 2. The Kier molecular flexibility index (Phi) is 6.90. The molecule has 0 radical (unpaired) electrons. The molecule has 1 fully saturated rings. The summed E-state index contributed by atoms with van der Waals surface area (Å²) in [5.41, 5.74) is 5.65. The first-order valence-corrected chi connectivity index (χ1v) is 12.9. The Labute approximate surface area is 229 Å². The predicted molar refractivity (Wildman–Crippen MR) is 153 cm³/mol. The van der Waals surface area contributed by atoms with Crippen LogP contribution in [0.15, 0.2) is 101 Å². The Bertz CT molecular complexity index is 1730. The number of anilines is 2. The lowest BCUT2D eigenvalue weighted by atomic mass is 10.1. The fourth-order valence-corrected chi connectivity index (χ4v) is 4.58. The maximum atomic E-state index is 12.8. The second kappa shape index (κ2) is 11.1. The molecule has 0 saturated carbocycles. The SMILES string of the molecule is O=C(N=[N+]=Nc1cccnc1)c1ccc(-c2nc3ccc(NC(=O)c4ccc(N5CCCC5)cc4)cc3[nH]2)cc1. The minimum absolute atomic E-state index is 0.169. The number of pyridine rings is 1. The lowest BCUT2D eigenvalue weighted by molar-refractivity contribution is 0.0990. The summed E-state index contributed by atoms with van der Waals surface area (Å²) >= 11 is 0. The standard InChI is InChI=1S/C30H24N8O2/c39-29(21-9-12-25(13-10-21)38-16-1-2-17-38)32-23-11-14-26-27(18-23)34-28(33-26)20-5-7-22(8-6-20)30(40)36-37-35-24-4-3-15-31-19-24/h3-15,18-19H,1-2,16-17H2,(H,35,36,40)/p+1. The van der Waals surface area contributed by atoms with Crippen molar-refractivity contribution in [1.29, 1.82) is 0 Å². The number of carbonyl (C=O) groups is 2. The summed E-state index contributed by atoms with van der Waals surface area (Å²) in [6, 6.07) is 23.6. The zero-order valence-corrected chi connectivity index (χ0v) is 21.5. The lowest BCUT2D eigenvalue weighted by Gasteiger charge is -2.17. The van der Waals surface area contributed by atoms with Crippen molar-refractivity contribution in [3.8, 4) is 11.4 Å². The number of fused-ring (bicyclic) bond motifs is 1. The van der Waals surface area contributed by atoms with E-state index in [9.17, 15) is 9.59 Å². The summed E-state index contributed by atoms with van der Waals surface area (Å²) in [6.45, 7) is 2.13. The molecule has 1 saturated heterocycles. The van der Waals surface area contributed by atoms with E-state index in [2.05, 4.69) is 40.3 Å². The maximum absolute atomic E-state index is 12.8. The predicted octanol–water partition coefficient (Wildman–Crippen LogP) is 5.92. The summed E-state index contributed by atoms with van der Waals surface area (Å²) < 4.78 is 0. The fourth-order valence-electron chi connectivity index (χ4n) is 4.58. The molecule has 0 spiro atoms. The first kappa shape index (κ1) is 24.8. The van der Waals surface area contributed by atoms with E-state index in [0.29, 0.717) is 28.3 Å². The van der Waals surface area contributed by atoms with Crippen molar-refractivity contribution >= 4 is 39.9 Å². The Hall–Kier alpha value is -5.47. The second-order valence-corrected chi connectivity index (χ2v) is 9.40. The number of nitrogens with one attached hydrogen (secondary N) is 2. The summed E-state index contributed by atoms with van der Waals surface area (Å²) in [5, 5.41) is 10.5. The summed E-state index contributed by atoms with van der Waals surface area (Å²) in [6.07, 6.45) is 5.57. The lowest BCUT2D eigenvalue weighted by Crippen LogP contribution is -2.18. The number of aromatic nitrogens is 3. The zero-order valence-electron chi connectivity index (χ0n) is 21.5. The molecule has 0 atom stereocenters. The van der Waals surface area contributed by atoms with Gasteiger partial charge in [-0.3, -0.25) is 14.6 Å². The van der Waals surface area contributed by atoms with Gasteiger partial charge in [0.05, 0.1) is 17.2 Å². The van der Waals surface area contributed by atoms with E-state index < -0.39 is 5.91 Å². The smallest absolute Gasteiger partial charge is 0.360 e. The van der Waals surface area contributed by atoms with Crippen LogP contribution in [0.3, 0.4) is 0 Å². The van der Waals surface area contributed by atoms with Crippen LogP contribution in [0.4, 0.5) is 17.1 Å². The average molecular weight is 530 g/mol. The largest absolute Gasteiger partial charge is 0.372 e. The summed E-state index contributed by atoms with van der Waals surface area (Å²) in [5.74, 6) is -0.0317. The molecule has 2 amide bonds. The van der Waals surface area contributed by atoms with E-state index in [-0.39, 0.29) is 5.91 Å². The molecule has 196 valence electrons. The van der Waals surface area contributed by atoms with Gasteiger partial charge >= 0.3 is 5.91 Å². The van der Waals surface area contributed by atoms with Gasteiger partial charge < -0.3 is 15.2 Å². The van der Waals surface area contributed by atoms with Crippen molar-refractivity contribution in [3.63, 3.8) is 0 Å². The number of benzene rings is 3. The molecule has 10 nitrogen and oxygen atoms in total. The Balaban J connectivity index is 1.12. The summed E-state index contributed by atoms with van der Waals surface area (Å²) in [7, 11) is 0. The monoisotopic (exact) mass is 529 g/mol. The van der Waals surface area contributed by atoms with Crippen LogP contribution < -0.4 is 15.1 Å². The molecule has 0 bridgehead atoms. The van der Waals surface area contributed by atoms with Gasteiger partial charge in [0.2, 0.25) is 10.0 Å². The van der Waals surface area contributed by atoms with Crippen LogP contribution in [-0.4, -0.2) is 39.9 Å². The highest BCUT2D eigenvalue weighted by Crippen LogP contribution is 2.25. The Morgan fingerprint density at radius 2 is 1.70 bits per heavy atom. The molecule has 2 aromatic heterocycles. The molecule has 1 aliphatic heterocycles. The van der Waals surface area contributed by atoms with E-state index in [0.717, 1.165) is 35.4 Å². The van der Waals surface area contributed by atoms with Crippen molar-refractivity contribution in [3.05, 3.63) is 102 Å². The molecule has 3 heterocycles. The molecule has 10 heteroatoms. The molecule has 0 unspecified atom stereocenters. The van der Waals surface area contributed by atoms with E-state index >= 15 is 0 Å². The highest BCUT2D eigenvalue weighted by atomic mass is 16.2. The van der Waals surface area contributed by atoms with Gasteiger partial charge in [-0.25, -0.2) is 4.98 Å². The van der Waals surface area contributed by atoms with Crippen molar-refractivity contribution in [1.82, 2.24) is 19.9 Å². The van der Waals surface area contributed by atoms with Crippen LogP contribution in [0, 0.1) is 0 Å². The molecule has 5 aromatic rings. The maximum Gasteiger partial charge on any atom is 0.360 e. The highest BCUT2D eigenvalue weighted by Gasteiger charge is 2.15. The number of hydrogen-bond acceptors (Lipinski definition) is 6. The third-order valence-corrected chi connectivity index (χ3v) is 6.69. The third-order valence-electron chi connectivity index (χ3n) is 6.69. The molecule has 6 rings (SSSR count). The van der Waals surface area contributed by atoms with Gasteiger partial charge in [-0.1, -0.05) is 12.1 Å². The van der Waals surface area contributed by atoms with Gasteiger partial charge in [-0.05, 0) is 79.6 Å². The van der Waals surface area contributed by atoms with Crippen LogP contribution in [0.2, 0.25) is 0 Å². The number of rotatable bonds is 6. The normalized spacial score (nSPS) is 12.7. The topological polar surface area (TPSA) is 130 Å². The molecule has 1 aliphatic rings. The van der Waals surface area contributed by atoms with E-state index in [1.54, 1.807) is 42.6 Å². The first-order chi connectivity index (χ1) is 19.6. The number of hydrogen-bond donors (Lipinski definition) is 2. The zero-order chi connectivity index (χ0) is 27.3. The minimum Gasteiger partial charge on any atom is -0.372 e. The van der Waals surface area contributed by atoms with E-state index in [1.807, 2.05) is 42.5 Å². The van der Waals surface area contributed by atoms with Gasteiger partial charge in [0.15, 0.2) is 10.8 Å². The van der Waals surface area contributed by atoms with E-state index in [4.69, 9.17) is 0 Å². The van der Waals surface area contributed by atoms with Gasteiger partial charge in [0.25, 0.3) is 5.91 Å². The number of amides is 2. The van der Waals surface area contributed by atoms with Crippen LogP contribution in [-0.2, 0) is 0 Å². The number of aromatic amines is 1. The van der Waals surface area contributed by atoms with Crippen LogP contribution in [0.1, 0.15) is 33.6 Å². The van der Waals surface area contributed by atoms with Crippen molar-refractivity contribution in [2.75, 3.05) is 23.3 Å². The third kappa shape index (κ3) is 5.52. The average Bonchev–Trinajstić information content (AvgIpc) is 3.68. The van der Waals surface area contributed by atoms with Gasteiger partial charge in [0, 0.05) is 47.4 Å². The van der Waals surface area contributed by atoms with Gasteiger partial charge in [-0.2, -0.15) is 0 Å². The minimum atomic E-state index is -0.505. The number of imidazole rings is 1. The Morgan fingerprint density at radius 1 is 0.925 bits per heavy atom. The number of H-pyrrole nitrogens is 1. The van der Waals surface area contributed by atoms with Crippen LogP contribution >= 0.6 is 0 Å². The fraction of sp³-hybridized carbons (Fsp3) is 0.133. The molecular weight excluding hydrogens is 504 g/mol. The van der Waals surface area contributed by atoms with Crippen LogP contribution in [0.25, 0.3) is 22.4 Å². The second-order valence-electron chi connectivity index (χ2n) is 9.40. The molecule has 40 heavy (non-hydrogen) atoms. The highest BCUT2D eigenvalue weighted by molar-refractivity contribution is 6.05. The molecule has 2 N–H and O–H groups in total. The molecular formula is C30H25N8O2+. The quantitative estimate of drug-likeness (QED) is 0.208. The van der Waals surface area contributed by atoms with Crippen molar-refractivity contribution in [2.45, 2.75) is 12.8 Å². The molecule has 3 aromatic carbocycles. The van der Waals surface area contributed by atoms with E-state index in [1.165, 1.54) is 19.0 Å². The van der Waals surface area contributed by atoms with Crippen molar-refractivity contribution in [2.24, 2.45) is 10.2 Å². The van der Waals surface area contributed by atoms with Crippen LogP contribution in [0.5, 0.6) is 0 Å². The molecule has 0 aliphatic carbocycles. The first-order valence-electron chi connectivity index (χ1n) is 12.9. The van der Waals surface area contributed by atoms with Gasteiger partial charge in [0.1, 0.15) is 5.82 Å².